The van der Waals surface area contributed by atoms with Gasteiger partial charge in [-0.3, -0.25) is 4.79 Å². The van der Waals surface area contributed by atoms with E-state index in [1.165, 1.54) is 44.4 Å². The van der Waals surface area contributed by atoms with Gasteiger partial charge in [-0.1, -0.05) is 6.07 Å². The number of anilines is 1. The molecular weight excluding hydrogens is 360 g/mol. The van der Waals surface area contributed by atoms with Crippen molar-refractivity contribution in [1.29, 1.82) is 0 Å². The van der Waals surface area contributed by atoms with E-state index in [1.807, 2.05) is 0 Å². The van der Waals surface area contributed by atoms with Crippen LogP contribution >= 0.6 is 0 Å². The summed E-state index contributed by atoms with van der Waals surface area (Å²) >= 11 is 0. The van der Waals surface area contributed by atoms with Gasteiger partial charge >= 0.3 is 5.97 Å². The smallest absolute Gasteiger partial charge is 0.339 e. The second-order valence-electron chi connectivity index (χ2n) is 5.34. The number of nitrogens with one attached hydrogen (secondary N) is 1. The quantitative estimate of drug-likeness (QED) is 0.735. The van der Waals surface area contributed by atoms with E-state index in [2.05, 4.69) is 5.32 Å². The number of methoxy groups -OCH3 is 1. The molecule has 0 saturated carbocycles. The van der Waals surface area contributed by atoms with Crippen LogP contribution in [0.3, 0.4) is 0 Å². The zero-order valence-electron chi connectivity index (χ0n) is 14.1. The average Bonchev–Trinajstić information content (AvgIpc) is 2.61. The molecule has 0 unspecified atom stereocenters. The van der Waals surface area contributed by atoms with E-state index in [4.69, 9.17) is 14.6 Å². The summed E-state index contributed by atoms with van der Waals surface area (Å²) in [6, 6.07) is 11.6. The van der Waals surface area contributed by atoms with Crippen molar-refractivity contribution in [1.82, 2.24) is 0 Å². The first-order valence-electron chi connectivity index (χ1n) is 7.49. The van der Waals surface area contributed by atoms with Crippen molar-refractivity contribution in [3.8, 4) is 5.75 Å². The number of sulfonamides is 1. The van der Waals surface area contributed by atoms with E-state index in [0.717, 1.165) is 0 Å². The van der Waals surface area contributed by atoms with E-state index in [-0.39, 0.29) is 10.5 Å². The third kappa shape index (κ3) is 5.04. The van der Waals surface area contributed by atoms with Gasteiger partial charge in [0.05, 0.1) is 17.6 Å². The van der Waals surface area contributed by atoms with E-state index < -0.39 is 28.0 Å². The van der Waals surface area contributed by atoms with Crippen LogP contribution in [0.1, 0.15) is 17.3 Å². The number of hydrogen-bond acceptors (Lipinski definition) is 6. The van der Waals surface area contributed by atoms with Gasteiger partial charge in [-0.05, 0) is 49.4 Å². The molecule has 0 aliphatic carbocycles. The minimum absolute atomic E-state index is 0.0759. The fourth-order valence-corrected chi connectivity index (χ4v) is 2.52. The third-order valence-electron chi connectivity index (χ3n) is 3.41. The third-order valence-corrected chi connectivity index (χ3v) is 4.34. The largest absolute Gasteiger partial charge is 0.497 e. The van der Waals surface area contributed by atoms with E-state index in [1.54, 1.807) is 18.2 Å². The van der Waals surface area contributed by atoms with Crippen molar-refractivity contribution in [2.24, 2.45) is 5.14 Å². The Morgan fingerprint density at radius 1 is 1.12 bits per heavy atom. The number of primary sulfonamides is 1. The number of carbonyl (C=O) groups excluding carboxylic acids is 2. The molecule has 3 N–H and O–H groups in total. The van der Waals surface area contributed by atoms with Gasteiger partial charge in [0.1, 0.15) is 5.75 Å². The Bertz CT molecular complexity index is 909. The number of nitrogens with two attached hydrogens (primary N) is 1. The molecule has 0 heterocycles. The fraction of sp³-hybridized carbons (Fsp3) is 0.176. The van der Waals surface area contributed by atoms with Gasteiger partial charge in [0, 0.05) is 5.69 Å². The molecule has 0 fully saturated rings. The van der Waals surface area contributed by atoms with Crippen molar-refractivity contribution in [2.45, 2.75) is 17.9 Å². The summed E-state index contributed by atoms with van der Waals surface area (Å²) < 4.78 is 32.6. The molecule has 0 aromatic heterocycles. The molecule has 1 atom stereocenters. The second kappa shape index (κ2) is 7.98. The number of benzene rings is 2. The van der Waals surface area contributed by atoms with Crippen LogP contribution in [-0.2, 0) is 19.6 Å². The highest BCUT2D eigenvalue weighted by Crippen LogP contribution is 2.16. The van der Waals surface area contributed by atoms with Crippen LogP contribution in [0.25, 0.3) is 0 Å². The van der Waals surface area contributed by atoms with Crippen molar-refractivity contribution >= 4 is 27.6 Å². The molecule has 8 nitrogen and oxygen atoms in total. The molecular formula is C17H18N2O6S. The van der Waals surface area contributed by atoms with Gasteiger partial charge in [0.25, 0.3) is 5.91 Å². The van der Waals surface area contributed by atoms with E-state index in [0.29, 0.717) is 11.4 Å². The molecule has 138 valence electrons. The van der Waals surface area contributed by atoms with Crippen LogP contribution in [0.5, 0.6) is 5.75 Å². The molecule has 0 bridgehead atoms. The maximum atomic E-state index is 12.1. The first kappa shape index (κ1) is 19.4. The summed E-state index contributed by atoms with van der Waals surface area (Å²) in [5.41, 5.74) is 0.591. The Kier molecular flexibility index (Phi) is 5.96. The number of esters is 1. The zero-order valence-corrected chi connectivity index (χ0v) is 14.9. The van der Waals surface area contributed by atoms with Gasteiger partial charge < -0.3 is 14.8 Å². The van der Waals surface area contributed by atoms with Crippen LogP contribution in [0.2, 0.25) is 0 Å². The Morgan fingerprint density at radius 2 is 1.77 bits per heavy atom. The maximum absolute atomic E-state index is 12.1. The fourth-order valence-electron chi connectivity index (χ4n) is 2.00. The van der Waals surface area contributed by atoms with Crippen LogP contribution in [-0.4, -0.2) is 33.5 Å². The van der Waals surface area contributed by atoms with Crippen molar-refractivity contribution < 1.29 is 27.5 Å². The summed E-state index contributed by atoms with van der Waals surface area (Å²) in [5.74, 6) is -0.743. The van der Waals surface area contributed by atoms with Gasteiger partial charge in [-0.25, -0.2) is 18.4 Å². The summed E-state index contributed by atoms with van der Waals surface area (Å²) in [4.78, 5) is 24.1. The van der Waals surface area contributed by atoms with Crippen molar-refractivity contribution in [3.63, 3.8) is 0 Å². The van der Waals surface area contributed by atoms with Gasteiger partial charge in [-0.2, -0.15) is 0 Å². The van der Waals surface area contributed by atoms with E-state index in [9.17, 15) is 18.0 Å². The molecule has 2 rings (SSSR count). The molecule has 0 spiro atoms. The van der Waals surface area contributed by atoms with Crippen molar-refractivity contribution in [3.05, 3.63) is 54.1 Å². The minimum atomic E-state index is -3.81. The summed E-state index contributed by atoms with van der Waals surface area (Å²) in [6.45, 7) is 1.42. The molecule has 0 radical (unpaired) electrons. The van der Waals surface area contributed by atoms with Gasteiger partial charge in [0.15, 0.2) is 6.10 Å². The number of amides is 1. The Morgan fingerprint density at radius 3 is 2.35 bits per heavy atom. The molecule has 0 saturated heterocycles. The predicted octanol–water partition coefficient (Wildman–Crippen LogP) is 1.53. The van der Waals surface area contributed by atoms with Gasteiger partial charge in [0.2, 0.25) is 10.0 Å². The number of ether oxygens (including phenoxy) is 2. The first-order chi connectivity index (χ1) is 12.2. The lowest BCUT2D eigenvalue weighted by atomic mass is 10.2. The lowest BCUT2D eigenvalue weighted by molar-refractivity contribution is -0.123. The summed E-state index contributed by atoms with van der Waals surface area (Å²) in [5, 5.41) is 7.53. The SMILES string of the molecule is COc1cccc(C(=O)O[C@H](C)C(=O)Nc2ccc(S(N)(=O)=O)cc2)c1. The molecule has 2 aromatic rings. The molecule has 9 heteroatoms. The number of rotatable bonds is 6. The molecule has 1 amide bonds. The molecule has 2 aromatic carbocycles. The van der Waals surface area contributed by atoms with Crippen molar-refractivity contribution in [2.75, 3.05) is 12.4 Å². The van der Waals surface area contributed by atoms with Crippen LogP contribution in [0, 0.1) is 0 Å². The minimum Gasteiger partial charge on any atom is -0.497 e. The van der Waals surface area contributed by atoms with Gasteiger partial charge in [-0.15, -0.1) is 0 Å². The molecule has 0 aliphatic heterocycles. The van der Waals surface area contributed by atoms with Crippen LogP contribution < -0.4 is 15.2 Å². The lowest BCUT2D eigenvalue weighted by Gasteiger charge is -2.14. The highest BCUT2D eigenvalue weighted by molar-refractivity contribution is 7.89. The van der Waals surface area contributed by atoms with E-state index >= 15 is 0 Å². The lowest BCUT2D eigenvalue weighted by Crippen LogP contribution is -2.30. The molecule has 26 heavy (non-hydrogen) atoms. The number of hydrogen-bond donors (Lipinski definition) is 2. The Labute approximate surface area is 151 Å². The monoisotopic (exact) mass is 378 g/mol. The zero-order chi connectivity index (χ0) is 19.3. The Balaban J connectivity index is 1.99. The normalized spacial score (nSPS) is 12.1. The maximum Gasteiger partial charge on any atom is 0.339 e. The highest BCUT2D eigenvalue weighted by Gasteiger charge is 2.19. The first-order valence-corrected chi connectivity index (χ1v) is 9.04. The van der Waals surface area contributed by atoms with Crippen LogP contribution in [0.4, 0.5) is 5.69 Å². The topological polar surface area (TPSA) is 125 Å². The molecule has 0 aliphatic rings. The Hall–Kier alpha value is -2.91. The summed E-state index contributed by atoms with van der Waals surface area (Å²) in [7, 11) is -2.34. The highest BCUT2D eigenvalue weighted by atomic mass is 32.2. The standard InChI is InChI=1S/C17H18N2O6S/c1-11(25-17(21)12-4-3-5-14(10-12)24-2)16(20)19-13-6-8-15(9-7-13)26(18,22)23/h3-11H,1-2H3,(H,19,20)(H2,18,22,23)/t11-/m1/s1. The predicted molar refractivity (Wildman–Crippen MR) is 94.3 cm³/mol. The number of carbonyl (C=O) groups is 2. The average molecular weight is 378 g/mol. The second-order valence-corrected chi connectivity index (χ2v) is 6.90. The van der Waals surface area contributed by atoms with Crippen LogP contribution in [0.15, 0.2) is 53.4 Å². The summed E-state index contributed by atoms with van der Waals surface area (Å²) in [6.07, 6.45) is -1.06.